The second-order valence-corrected chi connectivity index (χ2v) is 8.32. The zero-order valence-electron chi connectivity index (χ0n) is 18.2. The normalized spacial score (nSPS) is 16.4. The van der Waals surface area contributed by atoms with Gasteiger partial charge >= 0.3 is 0 Å². The summed E-state index contributed by atoms with van der Waals surface area (Å²) in [5.74, 6) is -0.678. The number of hydrogen-bond donors (Lipinski definition) is 2. The number of carbonyl (C=O) groups is 3. The Morgan fingerprint density at radius 3 is 1.76 bits per heavy atom. The van der Waals surface area contributed by atoms with E-state index < -0.39 is 5.54 Å². The molecule has 0 saturated carbocycles. The third kappa shape index (κ3) is 3.25. The molecule has 34 heavy (non-hydrogen) atoms. The number of amides is 3. The molecule has 170 valence electrons. The molecule has 2 aliphatic heterocycles. The largest absolute Gasteiger partial charge is 0.508 e. The van der Waals surface area contributed by atoms with Gasteiger partial charge in [0.05, 0.1) is 0 Å². The quantitative estimate of drug-likeness (QED) is 0.558. The molecule has 0 aliphatic carbocycles. The van der Waals surface area contributed by atoms with Crippen molar-refractivity contribution < 1.29 is 24.6 Å². The van der Waals surface area contributed by atoms with E-state index in [0.29, 0.717) is 12.0 Å². The second kappa shape index (κ2) is 8.19. The number of phenols is 2. The first-order valence-electron chi connectivity index (χ1n) is 11.0. The van der Waals surface area contributed by atoms with Crippen molar-refractivity contribution in [3.8, 4) is 11.5 Å². The van der Waals surface area contributed by atoms with E-state index in [1.807, 2.05) is 18.2 Å². The molecule has 7 heteroatoms. The average molecular weight is 454 g/mol. The summed E-state index contributed by atoms with van der Waals surface area (Å²) in [5, 5.41) is 19.9. The number of nitrogens with zero attached hydrogens (tertiary/aromatic N) is 2. The van der Waals surface area contributed by atoms with Crippen molar-refractivity contribution in [2.45, 2.75) is 12.0 Å². The maximum atomic E-state index is 13.7. The molecule has 3 aromatic rings. The van der Waals surface area contributed by atoms with Gasteiger partial charge in [0, 0.05) is 30.8 Å². The predicted molar refractivity (Wildman–Crippen MR) is 124 cm³/mol. The Hall–Kier alpha value is -4.39. The van der Waals surface area contributed by atoms with Crippen LogP contribution in [0.1, 0.15) is 33.5 Å². The Morgan fingerprint density at radius 1 is 0.676 bits per heavy atom. The fraction of sp³-hybridized carbons (Fsp3) is 0.148. The molecule has 2 aliphatic rings. The highest BCUT2D eigenvalue weighted by Gasteiger charge is 2.51. The molecule has 0 bridgehead atoms. The molecule has 0 unspecified atom stereocenters. The van der Waals surface area contributed by atoms with E-state index in [4.69, 9.17) is 0 Å². The molecule has 2 heterocycles. The number of benzene rings is 3. The van der Waals surface area contributed by atoms with Crippen molar-refractivity contribution >= 4 is 17.7 Å². The van der Waals surface area contributed by atoms with E-state index in [9.17, 15) is 24.6 Å². The van der Waals surface area contributed by atoms with Gasteiger partial charge < -0.3 is 15.1 Å². The summed E-state index contributed by atoms with van der Waals surface area (Å²) >= 11 is 0. The van der Waals surface area contributed by atoms with Crippen molar-refractivity contribution in [3.63, 3.8) is 0 Å². The lowest BCUT2D eigenvalue weighted by Crippen LogP contribution is -2.47. The van der Waals surface area contributed by atoms with Crippen LogP contribution >= 0.6 is 0 Å². The fourth-order valence-electron chi connectivity index (χ4n) is 4.93. The molecule has 0 atom stereocenters. The zero-order chi connectivity index (χ0) is 23.9. The Bertz CT molecular complexity index is 1250. The van der Waals surface area contributed by atoms with Crippen LogP contribution in [-0.2, 0) is 15.1 Å². The molecule has 5 rings (SSSR count). The molecular formula is C27H22N2O5. The number of carbonyl (C=O) groups excluding carboxylic acids is 3. The Morgan fingerprint density at radius 2 is 1.21 bits per heavy atom. The van der Waals surface area contributed by atoms with Crippen LogP contribution in [0.4, 0.5) is 0 Å². The zero-order valence-corrected chi connectivity index (χ0v) is 18.2. The van der Waals surface area contributed by atoms with E-state index in [2.05, 4.69) is 0 Å². The van der Waals surface area contributed by atoms with Gasteiger partial charge in [0.2, 0.25) is 0 Å². The number of imide groups is 1. The molecule has 0 aromatic heterocycles. The number of aromatic hydroxyl groups is 2. The van der Waals surface area contributed by atoms with Gasteiger partial charge in [-0.25, -0.2) is 0 Å². The van der Waals surface area contributed by atoms with E-state index >= 15 is 0 Å². The first kappa shape index (κ1) is 21.5. The van der Waals surface area contributed by atoms with Crippen LogP contribution in [0.25, 0.3) is 0 Å². The van der Waals surface area contributed by atoms with Crippen molar-refractivity contribution in [3.05, 3.63) is 107 Å². The van der Waals surface area contributed by atoms with Crippen LogP contribution < -0.4 is 0 Å². The molecule has 3 amide bonds. The standard InChI is InChI=1S/C27H22N2O5/c30-20-10-6-18(7-11-20)27(19-8-12-21(31)13-9-19)23-5-2-1-4-22(23)26(34)29(27)17-3-16-28-24(32)14-15-25(28)33/h1-2,4-15,30-31H,3,16-17H2. The van der Waals surface area contributed by atoms with Crippen LogP contribution in [0.5, 0.6) is 11.5 Å². The average Bonchev–Trinajstić information content (AvgIpc) is 3.29. The van der Waals surface area contributed by atoms with Crippen molar-refractivity contribution in [2.75, 3.05) is 13.1 Å². The molecule has 3 aromatic carbocycles. The number of phenolic OH excluding ortho intramolecular Hbond substituents is 2. The lowest BCUT2D eigenvalue weighted by atomic mass is 9.77. The second-order valence-electron chi connectivity index (χ2n) is 8.32. The van der Waals surface area contributed by atoms with Crippen LogP contribution in [0.15, 0.2) is 84.9 Å². The van der Waals surface area contributed by atoms with Crippen molar-refractivity contribution in [2.24, 2.45) is 0 Å². The van der Waals surface area contributed by atoms with E-state index in [0.717, 1.165) is 21.6 Å². The third-order valence-electron chi connectivity index (χ3n) is 6.43. The van der Waals surface area contributed by atoms with E-state index in [1.54, 1.807) is 59.5 Å². The summed E-state index contributed by atoms with van der Waals surface area (Å²) in [6, 6.07) is 20.8. The molecule has 0 fully saturated rings. The van der Waals surface area contributed by atoms with Gasteiger partial charge in [0.25, 0.3) is 17.7 Å². The summed E-state index contributed by atoms with van der Waals surface area (Å²) < 4.78 is 0. The smallest absolute Gasteiger partial charge is 0.255 e. The number of fused-ring (bicyclic) bond motifs is 1. The lowest BCUT2D eigenvalue weighted by Gasteiger charge is -2.41. The maximum Gasteiger partial charge on any atom is 0.255 e. The molecular weight excluding hydrogens is 432 g/mol. The molecule has 0 radical (unpaired) electrons. The van der Waals surface area contributed by atoms with E-state index in [-0.39, 0.29) is 42.3 Å². The van der Waals surface area contributed by atoms with Crippen molar-refractivity contribution in [1.82, 2.24) is 9.80 Å². The first-order chi connectivity index (χ1) is 16.4. The summed E-state index contributed by atoms with van der Waals surface area (Å²) in [7, 11) is 0. The molecule has 0 spiro atoms. The Labute approximate surface area is 196 Å². The lowest BCUT2D eigenvalue weighted by molar-refractivity contribution is -0.136. The highest BCUT2D eigenvalue weighted by Crippen LogP contribution is 2.49. The van der Waals surface area contributed by atoms with Crippen molar-refractivity contribution in [1.29, 1.82) is 0 Å². The monoisotopic (exact) mass is 454 g/mol. The minimum atomic E-state index is -1.02. The Kier molecular flexibility index (Phi) is 5.17. The minimum absolute atomic E-state index is 0.104. The van der Waals surface area contributed by atoms with Crippen LogP contribution in [0, 0.1) is 0 Å². The highest BCUT2D eigenvalue weighted by atomic mass is 16.3. The summed E-state index contributed by atoms with van der Waals surface area (Å²) in [4.78, 5) is 40.6. The number of rotatable bonds is 6. The summed E-state index contributed by atoms with van der Waals surface area (Å²) in [5.41, 5.74) is 1.85. The van der Waals surface area contributed by atoms with Gasteiger partial charge in [0.1, 0.15) is 17.0 Å². The Balaban J connectivity index is 1.63. The molecule has 0 saturated heterocycles. The summed E-state index contributed by atoms with van der Waals surface area (Å²) in [6.45, 7) is 0.457. The minimum Gasteiger partial charge on any atom is -0.508 e. The van der Waals surface area contributed by atoms with Crippen LogP contribution in [-0.4, -0.2) is 50.8 Å². The highest BCUT2D eigenvalue weighted by molar-refractivity contribution is 6.12. The van der Waals surface area contributed by atoms with Gasteiger partial charge in [0.15, 0.2) is 0 Å². The van der Waals surface area contributed by atoms with Crippen LogP contribution in [0.3, 0.4) is 0 Å². The van der Waals surface area contributed by atoms with Gasteiger partial charge in [-0.2, -0.15) is 0 Å². The van der Waals surface area contributed by atoms with E-state index in [1.165, 1.54) is 12.2 Å². The fourth-order valence-corrected chi connectivity index (χ4v) is 4.93. The first-order valence-corrected chi connectivity index (χ1v) is 11.0. The number of hydrogen-bond acceptors (Lipinski definition) is 5. The van der Waals surface area contributed by atoms with Gasteiger partial charge in [-0.05, 0) is 53.4 Å². The predicted octanol–water partition coefficient (Wildman–Crippen LogP) is 3.16. The van der Waals surface area contributed by atoms with Gasteiger partial charge in [-0.1, -0.05) is 42.5 Å². The topological polar surface area (TPSA) is 98.2 Å². The van der Waals surface area contributed by atoms with Gasteiger partial charge in [-0.15, -0.1) is 0 Å². The third-order valence-corrected chi connectivity index (χ3v) is 6.43. The van der Waals surface area contributed by atoms with Gasteiger partial charge in [-0.3, -0.25) is 19.3 Å². The maximum absolute atomic E-state index is 13.7. The molecule has 2 N–H and O–H groups in total. The SMILES string of the molecule is O=C1C=CC(=O)N1CCCN1C(=O)c2ccccc2C1(c1ccc(O)cc1)c1ccc(O)cc1. The van der Waals surface area contributed by atoms with Crippen LogP contribution in [0.2, 0.25) is 0 Å². The summed E-state index contributed by atoms with van der Waals surface area (Å²) in [6.07, 6.45) is 2.88. The molecule has 7 nitrogen and oxygen atoms in total.